The summed E-state index contributed by atoms with van der Waals surface area (Å²) in [6.07, 6.45) is -1.09. The Morgan fingerprint density at radius 3 is 2.15 bits per heavy atom. The van der Waals surface area contributed by atoms with Crippen LogP contribution in [0, 0.1) is 5.92 Å². The predicted octanol–water partition coefficient (Wildman–Crippen LogP) is 8.23. The second-order valence-electron chi connectivity index (χ2n) is 11.1. The molecule has 5 aromatic rings. The summed E-state index contributed by atoms with van der Waals surface area (Å²) in [6, 6.07) is 35.2. The Morgan fingerprint density at radius 1 is 0.848 bits per heavy atom. The van der Waals surface area contributed by atoms with Crippen LogP contribution in [0.4, 0.5) is 10.5 Å². The molecule has 0 radical (unpaired) electrons. The number of aliphatic hydroxyl groups excluding tert-OH is 1. The van der Waals surface area contributed by atoms with Crippen molar-refractivity contribution in [2.24, 2.45) is 5.92 Å². The molecule has 0 spiro atoms. The molecule has 2 heterocycles. The van der Waals surface area contributed by atoms with Crippen molar-refractivity contribution in [3.05, 3.63) is 126 Å². The highest BCUT2D eigenvalue weighted by molar-refractivity contribution is 7.99. The topological polar surface area (TPSA) is 106 Å². The first-order valence-electron chi connectivity index (χ1n) is 15.4. The van der Waals surface area contributed by atoms with Gasteiger partial charge in [0.05, 0.1) is 18.8 Å². The molecule has 9 heteroatoms. The number of amides is 2. The van der Waals surface area contributed by atoms with Gasteiger partial charge in [0.15, 0.2) is 12.1 Å². The zero-order chi connectivity index (χ0) is 31.9. The average Bonchev–Trinajstić information content (AvgIpc) is 3.53. The molecule has 1 aliphatic rings. The molecule has 0 saturated carbocycles. The number of aliphatic hydroxyl groups is 1. The Hall–Kier alpha value is -4.41. The first-order valence-corrected chi connectivity index (χ1v) is 16.4. The minimum Gasteiger partial charge on any atom is -0.431 e. The Labute approximate surface area is 273 Å². The van der Waals surface area contributed by atoms with Crippen molar-refractivity contribution in [3.63, 3.8) is 0 Å². The second kappa shape index (κ2) is 14.8. The Bertz CT molecular complexity index is 1660. The number of thioether (sulfide) groups is 1. The van der Waals surface area contributed by atoms with Crippen molar-refractivity contribution in [1.82, 2.24) is 10.3 Å². The third kappa shape index (κ3) is 7.35. The molecule has 2 amide bonds. The number of urea groups is 1. The maximum Gasteiger partial charge on any atom is 0.319 e. The zero-order valence-corrected chi connectivity index (χ0v) is 26.6. The maximum absolute atomic E-state index is 12.0. The van der Waals surface area contributed by atoms with Crippen LogP contribution in [0.15, 0.2) is 119 Å². The van der Waals surface area contributed by atoms with E-state index in [0.717, 1.165) is 39.3 Å². The summed E-state index contributed by atoms with van der Waals surface area (Å²) in [5, 5.41) is 15.7. The van der Waals surface area contributed by atoms with E-state index in [1.54, 1.807) is 0 Å². The molecule has 236 valence electrons. The number of oxazole rings is 1. The van der Waals surface area contributed by atoms with Crippen LogP contribution in [0.5, 0.6) is 0 Å². The molecule has 0 bridgehead atoms. The zero-order valence-electron chi connectivity index (χ0n) is 25.8. The Morgan fingerprint density at radius 2 is 1.50 bits per heavy atom. The lowest BCUT2D eigenvalue weighted by Crippen LogP contribution is -2.38. The molecule has 6 rings (SSSR count). The first kappa shape index (κ1) is 31.6. The summed E-state index contributed by atoms with van der Waals surface area (Å²) in [7, 11) is 0. The van der Waals surface area contributed by atoms with Gasteiger partial charge in [-0.1, -0.05) is 116 Å². The third-order valence-electron chi connectivity index (χ3n) is 7.96. The monoisotopic (exact) mass is 635 g/mol. The van der Waals surface area contributed by atoms with Crippen LogP contribution in [0.2, 0.25) is 0 Å². The Kier molecular flexibility index (Phi) is 10.1. The van der Waals surface area contributed by atoms with Crippen LogP contribution in [0.1, 0.15) is 42.9 Å². The van der Waals surface area contributed by atoms with Gasteiger partial charge in [0.2, 0.25) is 0 Å². The standard InChI is InChI=1S/C37H37N3O5S/c1-3-38-36(42)39-30-20-18-29(19-21-30)35-43-31(24(2)33(44-35)28-16-14-25(22-41)15-17-28)23-46-37-40-32(26-10-6-4-7-11-26)34(45-37)27-12-8-5-9-13-27/h4-21,24,31,33,35,41H,3,22-23H2,1-2H3,(H2,38,39,42)/t24-,31+,33+,35+/m0/s1. The molecule has 1 saturated heterocycles. The van der Waals surface area contributed by atoms with Gasteiger partial charge in [-0.2, -0.15) is 0 Å². The molecule has 1 aliphatic heterocycles. The number of rotatable bonds is 10. The molecule has 1 aromatic heterocycles. The number of carbonyl (C=O) groups excluding carboxylic acids is 1. The van der Waals surface area contributed by atoms with Gasteiger partial charge in [-0.05, 0) is 30.2 Å². The van der Waals surface area contributed by atoms with Crippen molar-refractivity contribution in [2.45, 2.75) is 44.2 Å². The van der Waals surface area contributed by atoms with Gasteiger partial charge >= 0.3 is 6.03 Å². The van der Waals surface area contributed by atoms with E-state index in [4.69, 9.17) is 18.9 Å². The van der Waals surface area contributed by atoms with Crippen molar-refractivity contribution in [3.8, 4) is 22.6 Å². The lowest BCUT2D eigenvalue weighted by Gasteiger charge is -2.41. The van der Waals surface area contributed by atoms with Crippen LogP contribution in [0.3, 0.4) is 0 Å². The number of aromatic nitrogens is 1. The lowest BCUT2D eigenvalue weighted by atomic mass is 9.91. The second-order valence-corrected chi connectivity index (χ2v) is 12.1. The van der Waals surface area contributed by atoms with Crippen LogP contribution in [-0.2, 0) is 16.1 Å². The fraction of sp³-hybridized carbons (Fsp3) is 0.243. The fourth-order valence-corrected chi connectivity index (χ4v) is 6.45. The van der Waals surface area contributed by atoms with Gasteiger partial charge in [0, 0.05) is 40.6 Å². The van der Waals surface area contributed by atoms with Crippen LogP contribution >= 0.6 is 11.8 Å². The summed E-state index contributed by atoms with van der Waals surface area (Å²) in [5.41, 5.74) is 6.13. The number of ether oxygens (including phenoxy) is 2. The predicted molar refractivity (Wildman–Crippen MR) is 180 cm³/mol. The number of carbonyl (C=O) groups is 1. The molecule has 4 aromatic carbocycles. The van der Waals surface area contributed by atoms with Crippen LogP contribution in [0.25, 0.3) is 22.6 Å². The molecule has 4 atom stereocenters. The van der Waals surface area contributed by atoms with Crippen molar-refractivity contribution < 1.29 is 23.8 Å². The summed E-state index contributed by atoms with van der Waals surface area (Å²) in [4.78, 5) is 16.9. The molecule has 46 heavy (non-hydrogen) atoms. The molecular formula is C37H37N3O5S. The van der Waals surface area contributed by atoms with Gasteiger partial charge in [0.1, 0.15) is 5.69 Å². The molecule has 0 aliphatic carbocycles. The summed E-state index contributed by atoms with van der Waals surface area (Å²) in [5.74, 6) is 1.32. The van der Waals surface area contributed by atoms with Gasteiger partial charge < -0.3 is 29.6 Å². The van der Waals surface area contributed by atoms with Crippen molar-refractivity contribution >= 4 is 23.5 Å². The van der Waals surface area contributed by atoms with Crippen molar-refractivity contribution in [2.75, 3.05) is 17.6 Å². The van der Waals surface area contributed by atoms with E-state index in [1.165, 1.54) is 11.8 Å². The lowest BCUT2D eigenvalue weighted by molar-refractivity contribution is -0.268. The van der Waals surface area contributed by atoms with Gasteiger partial charge in [-0.3, -0.25) is 0 Å². The number of nitrogens with zero attached hydrogens (tertiary/aromatic N) is 1. The van der Waals surface area contributed by atoms with E-state index in [2.05, 4.69) is 17.6 Å². The fourth-order valence-electron chi connectivity index (χ4n) is 5.46. The summed E-state index contributed by atoms with van der Waals surface area (Å²) >= 11 is 1.52. The third-order valence-corrected chi connectivity index (χ3v) is 8.88. The first-order chi connectivity index (χ1) is 22.5. The minimum atomic E-state index is -0.632. The highest BCUT2D eigenvalue weighted by Crippen LogP contribution is 2.44. The molecule has 8 nitrogen and oxygen atoms in total. The molecule has 1 fully saturated rings. The van der Waals surface area contributed by atoms with E-state index < -0.39 is 6.29 Å². The van der Waals surface area contributed by atoms with E-state index >= 15 is 0 Å². The maximum atomic E-state index is 12.0. The van der Waals surface area contributed by atoms with E-state index in [0.29, 0.717) is 23.2 Å². The number of hydrogen-bond donors (Lipinski definition) is 3. The average molecular weight is 636 g/mol. The van der Waals surface area contributed by atoms with Crippen LogP contribution in [-0.4, -0.2) is 34.5 Å². The summed E-state index contributed by atoms with van der Waals surface area (Å²) in [6.45, 7) is 4.53. The molecule has 0 unspecified atom stereocenters. The summed E-state index contributed by atoms with van der Waals surface area (Å²) < 4.78 is 19.6. The highest BCUT2D eigenvalue weighted by Gasteiger charge is 2.38. The van der Waals surface area contributed by atoms with E-state index in [1.807, 2.05) is 116 Å². The quantitative estimate of drug-likeness (QED) is 0.133. The normalized spacial score (nSPS) is 19.5. The SMILES string of the molecule is CCNC(=O)Nc1ccc([C@@H]2O[C@H](CSc3nc(-c4ccccc4)c(-c4ccccc4)o3)[C@H](C)[C@H](c3ccc(CO)cc3)O2)cc1. The van der Waals surface area contributed by atoms with Crippen LogP contribution < -0.4 is 10.6 Å². The molecule has 3 N–H and O–H groups in total. The smallest absolute Gasteiger partial charge is 0.319 e. The van der Waals surface area contributed by atoms with Crippen molar-refractivity contribution in [1.29, 1.82) is 0 Å². The van der Waals surface area contributed by atoms with E-state index in [-0.39, 0.29) is 30.8 Å². The van der Waals surface area contributed by atoms with Gasteiger partial charge in [-0.25, -0.2) is 9.78 Å². The largest absolute Gasteiger partial charge is 0.431 e. The van der Waals surface area contributed by atoms with Gasteiger partial charge in [-0.15, -0.1) is 0 Å². The minimum absolute atomic E-state index is 0.000411. The van der Waals surface area contributed by atoms with E-state index in [9.17, 15) is 9.90 Å². The Balaban J connectivity index is 1.25. The molecular weight excluding hydrogens is 598 g/mol. The van der Waals surface area contributed by atoms with Gasteiger partial charge in [0.25, 0.3) is 5.22 Å². The number of nitrogens with one attached hydrogen (secondary N) is 2. The number of hydrogen-bond acceptors (Lipinski definition) is 7. The number of anilines is 1. The number of benzene rings is 4. The highest BCUT2D eigenvalue weighted by atomic mass is 32.2.